The molecule has 1 atom stereocenters. The van der Waals surface area contributed by atoms with Gasteiger partial charge in [0.05, 0.1) is 18.7 Å². The van der Waals surface area contributed by atoms with Crippen molar-refractivity contribution in [3.05, 3.63) is 71.4 Å². The lowest BCUT2D eigenvalue weighted by Crippen LogP contribution is -2.45. The molecule has 5 heteroatoms. The molecule has 1 aliphatic rings. The van der Waals surface area contributed by atoms with Crippen molar-refractivity contribution in [2.24, 2.45) is 0 Å². The second-order valence-corrected chi connectivity index (χ2v) is 5.96. The van der Waals surface area contributed by atoms with Gasteiger partial charge in [-0.05, 0) is 35.8 Å². The van der Waals surface area contributed by atoms with Gasteiger partial charge < -0.3 is 15.4 Å². The Balaban J connectivity index is 1.96. The van der Waals surface area contributed by atoms with E-state index in [4.69, 9.17) is 17.0 Å². The zero-order valence-corrected chi connectivity index (χ0v) is 14.3. The number of hydrogen-bond donors (Lipinski definition) is 2. The fraction of sp³-hybridized carbons (Fsp3) is 0.158. The zero-order valence-electron chi connectivity index (χ0n) is 13.5. The highest BCUT2D eigenvalue weighted by Crippen LogP contribution is 2.29. The van der Waals surface area contributed by atoms with Gasteiger partial charge in [0.2, 0.25) is 0 Å². The third-order valence-corrected chi connectivity index (χ3v) is 4.25. The van der Waals surface area contributed by atoms with Crippen LogP contribution in [0.25, 0.3) is 11.1 Å². The number of hydrogen-bond acceptors (Lipinski definition) is 3. The van der Waals surface area contributed by atoms with Crippen LogP contribution in [0.4, 0.5) is 0 Å². The molecule has 4 nitrogen and oxygen atoms in total. The summed E-state index contributed by atoms with van der Waals surface area (Å²) in [6.45, 7) is 1.82. The molecular formula is C19H18N2O2S. The Morgan fingerprint density at radius 2 is 1.67 bits per heavy atom. The van der Waals surface area contributed by atoms with Gasteiger partial charge in [0.15, 0.2) is 5.11 Å². The molecule has 24 heavy (non-hydrogen) atoms. The maximum absolute atomic E-state index is 12.2. The van der Waals surface area contributed by atoms with Crippen LogP contribution in [0.3, 0.4) is 0 Å². The molecule has 1 heterocycles. The predicted octanol–water partition coefficient (Wildman–Crippen LogP) is 3.32. The van der Waals surface area contributed by atoms with Gasteiger partial charge in [0.25, 0.3) is 0 Å². The summed E-state index contributed by atoms with van der Waals surface area (Å²) >= 11 is 5.23. The average Bonchev–Trinajstić information content (AvgIpc) is 2.61. The Morgan fingerprint density at radius 1 is 1.04 bits per heavy atom. The molecule has 3 rings (SSSR count). The summed E-state index contributed by atoms with van der Waals surface area (Å²) in [6, 6.07) is 17.9. The number of carbonyl (C=O) groups is 1. The predicted molar refractivity (Wildman–Crippen MR) is 98.2 cm³/mol. The van der Waals surface area contributed by atoms with Crippen molar-refractivity contribution in [2.45, 2.75) is 13.0 Å². The number of rotatable bonds is 3. The van der Waals surface area contributed by atoms with E-state index in [9.17, 15) is 4.79 Å². The minimum absolute atomic E-state index is 0.323. The first-order valence-corrected chi connectivity index (χ1v) is 8.03. The average molecular weight is 338 g/mol. The number of benzene rings is 2. The summed E-state index contributed by atoms with van der Waals surface area (Å²) < 4.78 is 4.92. The van der Waals surface area contributed by atoms with Gasteiger partial charge in [-0.3, -0.25) is 0 Å². The second kappa shape index (κ2) is 6.84. The molecule has 0 spiro atoms. The first-order valence-electron chi connectivity index (χ1n) is 7.62. The highest BCUT2D eigenvalue weighted by Gasteiger charge is 2.30. The largest absolute Gasteiger partial charge is 0.466 e. The summed E-state index contributed by atoms with van der Waals surface area (Å²) in [7, 11) is 1.38. The molecule has 2 aromatic rings. The summed E-state index contributed by atoms with van der Waals surface area (Å²) in [5.74, 6) is -0.368. The van der Waals surface area contributed by atoms with Crippen molar-refractivity contribution in [2.75, 3.05) is 7.11 Å². The third-order valence-electron chi connectivity index (χ3n) is 4.03. The number of thiocarbonyl (C=S) groups is 1. The van der Waals surface area contributed by atoms with Crippen LogP contribution in [-0.4, -0.2) is 18.2 Å². The molecule has 0 fully saturated rings. The van der Waals surface area contributed by atoms with Gasteiger partial charge in [0.1, 0.15) is 0 Å². The number of ether oxygens (including phenoxy) is 1. The van der Waals surface area contributed by atoms with E-state index >= 15 is 0 Å². The van der Waals surface area contributed by atoms with Crippen molar-refractivity contribution in [1.29, 1.82) is 0 Å². The van der Waals surface area contributed by atoms with Crippen LogP contribution < -0.4 is 10.6 Å². The molecule has 0 unspecified atom stereocenters. The lowest BCUT2D eigenvalue weighted by Gasteiger charge is -2.29. The molecule has 2 aromatic carbocycles. The van der Waals surface area contributed by atoms with Gasteiger partial charge in [0, 0.05) is 5.70 Å². The summed E-state index contributed by atoms with van der Waals surface area (Å²) in [6.07, 6.45) is 0. The summed E-state index contributed by atoms with van der Waals surface area (Å²) in [5.41, 5.74) is 4.48. The normalized spacial score (nSPS) is 17.1. The maximum Gasteiger partial charge on any atom is 0.337 e. The molecule has 0 aliphatic carbocycles. The Morgan fingerprint density at radius 3 is 2.29 bits per heavy atom. The van der Waals surface area contributed by atoms with E-state index < -0.39 is 0 Å². The first kappa shape index (κ1) is 16.2. The Labute approximate surface area is 146 Å². The standard InChI is InChI=1S/C19H18N2O2S/c1-12-16(18(22)23-2)17(21-19(24)20-12)15-10-8-14(9-11-15)13-6-4-3-5-7-13/h3-11,17H,1-2H3,(H2,20,21,24)/t17-/m0/s1. The van der Waals surface area contributed by atoms with Crippen LogP contribution >= 0.6 is 12.2 Å². The van der Waals surface area contributed by atoms with Crippen LogP contribution in [0.2, 0.25) is 0 Å². The van der Waals surface area contributed by atoms with E-state index in [1.807, 2.05) is 49.4 Å². The van der Waals surface area contributed by atoms with Gasteiger partial charge in [-0.25, -0.2) is 4.79 Å². The van der Waals surface area contributed by atoms with Crippen LogP contribution in [0, 0.1) is 0 Å². The van der Waals surface area contributed by atoms with Crippen molar-refractivity contribution >= 4 is 23.3 Å². The third kappa shape index (κ3) is 3.16. The van der Waals surface area contributed by atoms with Gasteiger partial charge in [-0.1, -0.05) is 54.6 Å². The van der Waals surface area contributed by atoms with E-state index in [0.717, 1.165) is 16.7 Å². The van der Waals surface area contributed by atoms with Crippen molar-refractivity contribution < 1.29 is 9.53 Å². The quantitative estimate of drug-likeness (QED) is 0.664. The molecule has 122 valence electrons. The number of allylic oxidation sites excluding steroid dienone is 1. The molecule has 2 N–H and O–H groups in total. The first-order chi connectivity index (χ1) is 11.6. The molecule has 0 radical (unpaired) electrons. The number of methoxy groups -OCH3 is 1. The molecular weight excluding hydrogens is 320 g/mol. The van der Waals surface area contributed by atoms with Crippen molar-refractivity contribution in [3.63, 3.8) is 0 Å². The Kier molecular flexibility index (Phi) is 4.62. The van der Waals surface area contributed by atoms with Gasteiger partial charge >= 0.3 is 5.97 Å². The smallest absolute Gasteiger partial charge is 0.337 e. The fourth-order valence-corrected chi connectivity index (χ4v) is 3.09. The minimum atomic E-state index is -0.368. The topological polar surface area (TPSA) is 50.4 Å². The lowest BCUT2D eigenvalue weighted by molar-refractivity contribution is -0.136. The second-order valence-electron chi connectivity index (χ2n) is 5.55. The molecule has 0 saturated carbocycles. The van der Waals surface area contributed by atoms with Crippen LogP contribution in [-0.2, 0) is 9.53 Å². The lowest BCUT2D eigenvalue weighted by atomic mass is 9.94. The van der Waals surface area contributed by atoms with E-state index in [1.165, 1.54) is 7.11 Å². The maximum atomic E-state index is 12.2. The fourth-order valence-electron chi connectivity index (χ4n) is 2.82. The molecule has 0 bridgehead atoms. The van der Waals surface area contributed by atoms with Crippen molar-refractivity contribution in [1.82, 2.24) is 10.6 Å². The Bertz CT molecular complexity index is 798. The van der Waals surface area contributed by atoms with Crippen LogP contribution in [0.15, 0.2) is 65.9 Å². The summed E-state index contributed by atoms with van der Waals surface area (Å²) in [5, 5.41) is 6.63. The summed E-state index contributed by atoms with van der Waals surface area (Å²) in [4.78, 5) is 12.2. The highest BCUT2D eigenvalue weighted by atomic mass is 32.1. The van der Waals surface area contributed by atoms with Gasteiger partial charge in [-0.2, -0.15) is 0 Å². The SMILES string of the molecule is COC(=O)C1=C(C)NC(=S)N[C@H]1c1ccc(-c2ccccc2)cc1. The van der Waals surface area contributed by atoms with Crippen LogP contribution in [0.1, 0.15) is 18.5 Å². The van der Waals surface area contributed by atoms with E-state index in [1.54, 1.807) is 0 Å². The Hall–Kier alpha value is -2.66. The van der Waals surface area contributed by atoms with Crippen LogP contribution in [0.5, 0.6) is 0 Å². The minimum Gasteiger partial charge on any atom is -0.466 e. The van der Waals surface area contributed by atoms with E-state index in [0.29, 0.717) is 16.4 Å². The monoisotopic (exact) mass is 338 g/mol. The molecule has 0 saturated heterocycles. The molecule has 0 amide bonds. The van der Waals surface area contributed by atoms with Gasteiger partial charge in [-0.15, -0.1) is 0 Å². The zero-order chi connectivity index (χ0) is 17.1. The molecule has 1 aliphatic heterocycles. The van der Waals surface area contributed by atoms with E-state index in [2.05, 4.69) is 22.8 Å². The number of esters is 1. The van der Waals surface area contributed by atoms with E-state index in [-0.39, 0.29) is 12.0 Å². The highest BCUT2D eigenvalue weighted by molar-refractivity contribution is 7.80. The molecule has 0 aromatic heterocycles. The van der Waals surface area contributed by atoms with Crippen molar-refractivity contribution in [3.8, 4) is 11.1 Å². The number of carbonyl (C=O) groups excluding carboxylic acids is 1. The number of nitrogens with one attached hydrogen (secondary N) is 2.